The van der Waals surface area contributed by atoms with E-state index in [1.165, 1.54) is 0 Å². The number of ether oxygens (including phenoxy) is 1. The van der Waals surface area contributed by atoms with E-state index in [2.05, 4.69) is 13.8 Å². The SMILES string of the molecule is CC=CC(=O)N(CCOC)C(CC)CC. The highest BCUT2D eigenvalue weighted by molar-refractivity contribution is 5.87. The lowest BCUT2D eigenvalue weighted by molar-refractivity contribution is -0.129. The zero-order chi connectivity index (χ0) is 11.7. The van der Waals surface area contributed by atoms with Gasteiger partial charge in [0, 0.05) is 19.7 Å². The van der Waals surface area contributed by atoms with Crippen LogP contribution in [0, 0.1) is 0 Å². The molecule has 1 amide bonds. The zero-order valence-electron chi connectivity index (χ0n) is 10.3. The van der Waals surface area contributed by atoms with Crippen LogP contribution in [0.15, 0.2) is 12.2 Å². The number of carbonyl (C=O) groups is 1. The molecule has 0 aromatic rings. The van der Waals surface area contributed by atoms with Crippen molar-refractivity contribution in [3.05, 3.63) is 12.2 Å². The molecular formula is C12H23NO2. The molecule has 0 aliphatic carbocycles. The van der Waals surface area contributed by atoms with Gasteiger partial charge in [0.2, 0.25) is 5.91 Å². The molecule has 0 rings (SSSR count). The Morgan fingerprint density at radius 1 is 1.40 bits per heavy atom. The second-order valence-electron chi connectivity index (χ2n) is 3.49. The Hall–Kier alpha value is -0.830. The second-order valence-corrected chi connectivity index (χ2v) is 3.49. The number of hydrogen-bond acceptors (Lipinski definition) is 2. The molecule has 0 saturated carbocycles. The zero-order valence-corrected chi connectivity index (χ0v) is 10.3. The summed E-state index contributed by atoms with van der Waals surface area (Å²) in [7, 11) is 1.66. The molecule has 0 aromatic carbocycles. The molecule has 0 unspecified atom stereocenters. The van der Waals surface area contributed by atoms with Gasteiger partial charge in [0.15, 0.2) is 0 Å². The first kappa shape index (κ1) is 14.2. The molecule has 3 heteroatoms. The molecule has 0 heterocycles. The van der Waals surface area contributed by atoms with Gasteiger partial charge >= 0.3 is 0 Å². The van der Waals surface area contributed by atoms with Crippen molar-refractivity contribution in [3.8, 4) is 0 Å². The lowest BCUT2D eigenvalue weighted by Gasteiger charge is -2.29. The molecule has 0 aliphatic rings. The maximum absolute atomic E-state index is 11.8. The van der Waals surface area contributed by atoms with Gasteiger partial charge in [-0.3, -0.25) is 4.79 Å². The van der Waals surface area contributed by atoms with Crippen LogP contribution in [0.4, 0.5) is 0 Å². The van der Waals surface area contributed by atoms with Gasteiger partial charge in [-0.1, -0.05) is 19.9 Å². The van der Waals surface area contributed by atoms with E-state index in [0.717, 1.165) is 12.8 Å². The second kappa shape index (κ2) is 8.48. The minimum Gasteiger partial charge on any atom is -0.383 e. The van der Waals surface area contributed by atoms with E-state index in [1.54, 1.807) is 19.3 Å². The van der Waals surface area contributed by atoms with E-state index >= 15 is 0 Å². The quantitative estimate of drug-likeness (QED) is 0.607. The van der Waals surface area contributed by atoms with Gasteiger partial charge in [-0.25, -0.2) is 0 Å². The van der Waals surface area contributed by atoms with Crippen LogP contribution in [0.1, 0.15) is 33.6 Å². The van der Waals surface area contributed by atoms with Gasteiger partial charge in [-0.15, -0.1) is 0 Å². The van der Waals surface area contributed by atoms with Crippen molar-refractivity contribution in [2.75, 3.05) is 20.3 Å². The molecule has 0 N–H and O–H groups in total. The Balaban J connectivity index is 4.46. The summed E-state index contributed by atoms with van der Waals surface area (Å²) in [4.78, 5) is 13.7. The topological polar surface area (TPSA) is 29.5 Å². The fourth-order valence-corrected chi connectivity index (χ4v) is 1.63. The van der Waals surface area contributed by atoms with E-state index in [9.17, 15) is 4.79 Å². The number of rotatable bonds is 7. The van der Waals surface area contributed by atoms with Gasteiger partial charge in [0.1, 0.15) is 0 Å². The van der Waals surface area contributed by atoms with Crippen LogP contribution in [0.25, 0.3) is 0 Å². The normalized spacial score (nSPS) is 11.3. The maximum Gasteiger partial charge on any atom is 0.246 e. The summed E-state index contributed by atoms with van der Waals surface area (Å²) < 4.78 is 5.02. The van der Waals surface area contributed by atoms with Crippen LogP contribution in [-0.4, -0.2) is 37.1 Å². The molecule has 3 nitrogen and oxygen atoms in total. The van der Waals surface area contributed by atoms with Gasteiger partial charge in [-0.05, 0) is 25.8 Å². The van der Waals surface area contributed by atoms with Crippen molar-refractivity contribution < 1.29 is 9.53 Å². The number of methoxy groups -OCH3 is 1. The van der Waals surface area contributed by atoms with Crippen molar-refractivity contribution in [3.63, 3.8) is 0 Å². The summed E-state index contributed by atoms with van der Waals surface area (Å²) in [5.74, 6) is 0.0863. The van der Waals surface area contributed by atoms with Crippen LogP contribution >= 0.6 is 0 Å². The molecule has 0 bridgehead atoms. The summed E-state index contributed by atoms with van der Waals surface area (Å²) in [6, 6.07) is 0.323. The van der Waals surface area contributed by atoms with Gasteiger partial charge < -0.3 is 9.64 Å². The molecule has 0 spiro atoms. The van der Waals surface area contributed by atoms with Crippen LogP contribution in [0.3, 0.4) is 0 Å². The number of carbonyl (C=O) groups excluding carboxylic acids is 1. The highest BCUT2D eigenvalue weighted by atomic mass is 16.5. The lowest BCUT2D eigenvalue weighted by Crippen LogP contribution is -2.40. The summed E-state index contributed by atoms with van der Waals surface area (Å²) in [6.45, 7) is 7.35. The van der Waals surface area contributed by atoms with E-state index in [4.69, 9.17) is 4.74 Å². The molecule has 0 atom stereocenters. The third kappa shape index (κ3) is 4.98. The van der Waals surface area contributed by atoms with Crippen LogP contribution in [0.2, 0.25) is 0 Å². The Kier molecular flexibility index (Phi) is 8.01. The highest BCUT2D eigenvalue weighted by Crippen LogP contribution is 2.09. The molecular weight excluding hydrogens is 190 g/mol. The summed E-state index contributed by atoms with van der Waals surface area (Å²) in [5, 5.41) is 0. The van der Waals surface area contributed by atoms with Gasteiger partial charge in [0.05, 0.1) is 6.61 Å². The van der Waals surface area contributed by atoms with Crippen LogP contribution in [0.5, 0.6) is 0 Å². The fraction of sp³-hybridized carbons (Fsp3) is 0.750. The lowest BCUT2D eigenvalue weighted by atomic mass is 10.1. The van der Waals surface area contributed by atoms with E-state index < -0.39 is 0 Å². The minimum absolute atomic E-state index is 0.0863. The Labute approximate surface area is 93.1 Å². The fourth-order valence-electron chi connectivity index (χ4n) is 1.63. The minimum atomic E-state index is 0.0863. The molecule has 88 valence electrons. The van der Waals surface area contributed by atoms with Gasteiger partial charge in [0.25, 0.3) is 0 Å². The highest BCUT2D eigenvalue weighted by Gasteiger charge is 2.18. The Bertz CT molecular complexity index is 198. The van der Waals surface area contributed by atoms with Crippen molar-refractivity contribution in [1.29, 1.82) is 0 Å². The van der Waals surface area contributed by atoms with Crippen molar-refractivity contribution in [2.24, 2.45) is 0 Å². The third-order valence-corrected chi connectivity index (χ3v) is 2.51. The average molecular weight is 213 g/mol. The predicted octanol–water partition coefficient (Wildman–Crippen LogP) is 2.23. The molecule has 0 aromatic heterocycles. The Morgan fingerprint density at radius 2 is 2.00 bits per heavy atom. The monoisotopic (exact) mass is 213 g/mol. The number of allylic oxidation sites excluding steroid dienone is 1. The molecule has 0 aliphatic heterocycles. The standard InChI is InChI=1S/C12H23NO2/c1-5-8-12(14)13(9-10-15-4)11(6-2)7-3/h5,8,11H,6-7,9-10H2,1-4H3. The summed E-state index contributed by atoms with van der Waals surface area (Å²) >= 11 is 0. The first-order valence-corrected chi connectivity index (χ1v) is 5.63. The third-order valence-electron chi connectivity index (χ3n) is 2.51. The predicted molar refractivity (Wildman–Crippen MR) is 62.8 cm³/mol. The van der Waals surface area contributed by atoms with Crippen molar-refractivity contribution >= 4 is 5.91 Å². The maximum atomic E-state index is 11.8. The molecule has 0 radical (unpaired) electrons. The average Bonchev–Trinajstić information content (AvgIpc) is 2.24. The molecule has 0 fully saturated rings. The van der Waals surface area contributed by atoms with E-state index in [0.29, 0.717) is 19.2 Å². The summed E-state index contributed by atoms with van der Waals surface area (Å²) in [6.07, 6.45) is 5.38. The Morgan fingerprint density at radius 3 is 2.40 bits per heavy atom. The summed E-state index contributed by atoms with van der Waals surface area (Å²) in [5.41, 5.74) is 0. The van der Waals surface area contributed by atoms with E-state index in [1.807, 2.05) is 11.8 Å². The first-order chi connectivity index (χ1) is 7.21. The smallest absolute Gasteiger partial charge is 0.246 e. The number of nitrogens with zero attached hydrogens (tertiary/aromatic N) is 1. The van der Waals surface area contributed by atoms with E-state index in [-0.39, 0.29) is 5.91 Å². The number of hydrogen-bond donors (Lipinski definition) is 0. The van der Waals surface area contributed by atoms with Crippen LogP contribution in [-0.2, 0) is 9.53 Å². The molecule has 15 heavy (non-hydrogen) atoms. The van der Waals surface area contributed by atoms with Crippen molar-refractivity contribution in [1.82, 2.24) is 4.90 Å². The van der Waals surface area contributed by atoms with Crippen molar-refractivity contribution in [2.45, 2.75) is 39.7 Å². The van der Waals surface area contributed by atoms with Gasteiger partial charge in [-0.2, -0.15) is 0 Å². The number of amides is 1. The molecule has 0 saturated heterocycles. The first-order valence-electron chi connectivity index (χ1n) is 5.63. The van der Waals surface area contributed by atoms with Crippen LogP contribution < -0.4 is 0 Å². The largest absolute Gasteiger partial charge is 0.383 e.